The maximum Gasteiger partial charge on any atom is 0.191 e. The Bertz CT molecular complexity index is 570. The van der Waals surface area contributed by atoms with Crippen LogP contribution in [0.15, 0.2) is 11.3 Å². The highest BCUT2D eigenvalue weighted by Gasteiger charge is 2.28. The second-order valence-electron chi connectivity index (χ2n) is 7.58. The third-order valence-corrected chi connectivity index (χ3v) is 4.97. The molecule has 2 heterocycles. The van der Waals surface area contributed by atoms with Crippen molar-refractivity contribution in [3.8, 4) is 0 Å². The summed E-state index contributed by atoms with van der Waals surface area (Å²) in [5, 5.41) is 15.1. The van der Waals surface area contributed by atoms with Crippen LogP contribution in [0.5, 0.6) is 0 Å². The van der Waals surface area contributed by atoms with Gasteiger partial charge in [0.15, 0.2) is 5.96 Å². The summed E-state index contributed by atoms with van der Waals surface area (Å²) in [6.07, 6.45) is 4.99. The Morgan fingerprint density at radius 1 is 1.21 bits per heavy atom. The Kier molecular flexibility index (Phi) is 11.9. The van der Waals surface area contributed by atoms with Crippen molar-refractivity contribution in [2.24, 2.45) is 4.99 Å². The van der Waals surface area contributed by atoms with Crippen LogP contribution in [0.25, 0.3) is 0 Å². The number of aromatic nitrogens is 3. The van der Waals surface area contributed by atoms with Gasteiger partial charge < -0.3 is 19.9 Å². The van der Waals surface area contributed by atoms with Crippen molar-refractivity contribution in [1.82, 2.24) is 30.3 Å². The zero-order chi connectivity index (χ0) is 19.5. The zero-order valence-corrected chi connectivity index (χ0v) is 20.2. The van der Waals surface area contributed by atoms with E-state index in [0.717, 1.165) is 77.1 Å². The number of hydrogen-bond acceptors (Lipinski definition) is 5. The fourth-order valence-electron chi connectivity index (χ4n) is 3.13. The molecule has 0 bridgehead atoms. The Labute approximate surface area is 186 Å². The third-order valence-electron chi connectivity index (χ3n) is 4.97. The Balaban J connectivity index is 0.00000392. The topological polar surface area (TPSA) is 79.6 Å². The summed E-state index contributed by atoms with van der Waals surface area (Å²) in [6.45, 7) is 15.7. The van der Waals surface area contributed by atoms with E-state index < -0.39 is 0 Å². The molecule has 9 heteroatoms. The number of halogens is 1. The van der Waals surface area contributed by atoms with Crippen molar-refractivity contribution in [3.63, 3.8) is 0 Å². The summed E-state index contributed by atoms with van der Waals surface area (Å²) in [7, 11) is 0. The first-order chi connectivity index (χ1) is 13.1. The van der Waals surface area contributed by atoms with Gasteiger partial charge in [-0.3, -0.25) is 9.89 Å². The fourth-order valence-corrected chi connectivity index (χ4v) is 3.13. The summed E-state index contributed by atoms with van der Waals surface area (Å²) in [5.41, 5.74) is 0.0206. The molecular weight excluding hydrogens is 469 g/mol. The van der Waals surface area contributed by atoms with Crippen LogP contribution in [0.2, 0.25) is 0 Å². The van der Waals surface area contributed by atoms with Crippen molar-refractivity contribution in [2.75, 3.05) is 45.9 Å². The lowest BCUT2D eigenvalue weighted by atomic mass is 10.0. The predicted molar refractivity (Wildman–Crippen MR) is 125 cm³/mol. The van der Waals surface area contributed by atoms with Gasteiger partial charge in [-0.1, -0.05) is 20.3 Å². The smallest absolute Gasteiger partial charge is 0.191 e. The monoisotopic (exact) mass is 507 g/mol. The van der Waals surface area contributed by atoms with Gasteiger partial charge in [-0.2, -0.15) is 0 Å². The van der Waals surface area contributed by atoms with Gasteiger partial charge >= 0.3 is 0 Å². The molecule has 0 spiro atoms. The quantitative estimate of drug-likeness (QED) is 0.218. The lowest BCUT2D eigenvalue weighted by Crippen LogP contribution is -2.52. The van der Waals surface area contributed by atoms with Gasteiger partial charge in [0.2, 0.25) is 0 Å². The minimum absolute atomic E-state index is 0. The number of unbranched alkanes of at least 4 members (excludes halogenated alkanes) is 1. The molecule has 0 unspecified atom stereocenters. The second kappa shape index (κ2) is 13.3. The maximum atomic E-state index is 5.48. The summed E-state index contributed by atoms with van der Waals surface area (Å²) in [6, 6.07) is 0. The largest absolute Gasteiger partial charge is 0.379 e. The van der Waals surface area contributed by atoms with Crippen molar-refractivity contribution >= 4 is 29.9 Å². The lowest BCUT2D eigenvalue weighted by Gasteiger charge is -2.39. The molecule has 0 radical (unpaired) electrons. The number of hydrogen-bond donors (Lipinski definition) is 2. The minimum Gasteiger partial charge on any atom is -0.379 e. The van der Waals surface area contributed by atoms with Gasteiger partial charge in [0.25, 0.3) is 0 Å². The molecule has 0 atom stereocenters. The van der Waals surface area contributed by atoms with Crippen molar-refractivity contribution < 1.29 is 4.74 Å². The average molecular weight is 507 g/mol. The van der Waals surface area contributed by atoms with Gasteiger partial charge in [0, 0.05) is 44.7 Å². The van der Waals surface area contributed by atoms with E-state index in [4.69, 9.17) is 9.73 Å². The molecule has 0 aliphatic carbocycles. The molecule has 1 aliphatic heterocycles. The van der Waals surface area contributed by atoms with Crippen LogP contribution in [0.3, 0.4) is 0 Å². The molecule has 0 amide bonds. The van der Waals surface area contributed by atoms with E-state index in [0.29, 0.717) is 0 Å². The van der Waals surface area contributed by atoms with Crippen LogP contribution in [-0.2, 0) is 17.7 Å². The molecule has 1 saturated heterocycles. The second-order valence-corrected chi connectivity index (χ2v) is 7.58. The molecule has 1 aliphatic rings. The maximum absolute atomic E-state index is 5.48. The first kappa shape index (κ1) is 25.1. The van der Waals surface area contributed by atoms with E-state index >= 15 is 0 Å². The SMILES string of the molecule is CCCCNC(=NCC(C)(C)N1CCOCC1)NCCn1cnnc1CC.I. The number of rotatable bonds is 10. The number of nitrogens with zero attached hydrogens (tertiary/aromatic N) is 5. The van der Waals surface area contributed by atoms with Gasteiger partial charge in [-0.05, 0) is 20.3 Å². The normalized spacial score (nSPS) is 15.9. The van der Waals surface area contributed by atoms with Crippen LogP contribution in [0.1, 0.15) is 46.4 Å². The first-order valence-electron chi connectivity index (χ1n) is 10.3. The highest BCUT2D eigenvalue weighted by atomic mass is 127. The number of nitrogens with one attached hydrogen (secondary N) is 2. The van der Waals surface area contributed by atoms with Crippen LogP contribution in [-0.4, -0.2) is 77.1 Å². The predicted octanol–water partition coefficient (Wildman–Crippen LogP) is 1.90. The standard InChI is InChI=1S/C19H37N7O.HI/c1-5-7-8-20-18(21-9-10-25-16-23-24-17(25)6-2)22-15-19(3,4)26-11-13-27-14-12-26;/h16H,5-15H2,1-4H3,(H2,20,21,22);1H. The molecule has 8 nitrogen and oxygen atoms in total. The number of aryl methyl sites for hydroxylation is 1. The minimum atomic E-state index is 0. The van der Waals surface area contributed by atoms with Crippen LogP contribution in [0, 0.1) is 0 Å². The van der Waals surface area contributed by atoms with Crippen LogP contribution < -0.4 is 10.6 Å². The van der Waals surface area contributed by atoms with E-state index in [1.165, 1.54) is 6.42 Å². The molecule has 0 aromatic carbocycles. The van der Waals surface area contributed by atoms with Crippen molar-refractivity contribution in [1.29, 1.82) is 0 Å². The summed E-state index contributed by atoms with van der Waals surface area (Å²) in [4.78, 5) is 7.34. The number of morpholine rings is 1. The highest BCUT2D eigenvalue weighted by Crippen LogP contribution is 2.16. The molecule has 28 heavy (non-hydrogen) atoms. The van der Waals surface area contributed by atoms with E-state index in [1.54, 1.807) is 6.33 Å². The fraction of sp³-hybridized carbons (Fsp3) is 0.842. The molecule has 1 aromatic rings. The summed E-state index contributed by atoms with van der Waals surface area (Å²) < 4.78 is 7.57. The number of guanidine groups is 1. The third kappa shape index (κ3) is 8.20. The molecule has 1 fully saturated rings. The molecule has 2 N–H and O–H groups in total. The first-order valence-corrected chi connectivity index (χ1v) is 10.3. The number of aliphatic imine (C=N–C) groups is 1. The van der Waals surface area contributed by atoms with Crippen LogP contribution in [0.4, 0.5) is 0 Å². The highest BCUT2D eigenvalue weighted by molar-refractivity contribution is 14.0. The molecule has 1 aromatic heterocycles. The van der Waals surface area contributed by atoms with E-state index in [1.807, 2.05) is 0 Å². The van der Waals surface area contributed by atoms with Crippen molar-refractivity contribution in [3.05, 3.63) is 12.2 Å². The zero-order valence-electron chi connectivity index (χ0n) is 17.9. The number of ether oxygens (including phenoxy) is 1. The molecular formula is C19H38IN7O. The van der Waals surface area contributed by atoms with Crippen molar-refractivity contribution in [2.45, 2.75) is 59.0 Å². The molecule has 2 rings (SSSR count). The lowest BCUT2D eigenvalue weighted by molar-refractivity contribution is -0.00683. The van der Waals surface area contributed by atoms with E-state index in [2.05, 4.69) is 58.0 Å². The Hall–Kier alpha value is -0.940. The molecule has 162 valence electrons. The van der Waals surface area contributed by atoms with Gasteiger partial charge in [0.1, 0.15) is 12.2 Å². The van der Waals surface area contributed by atoms with Gasteiger partial charge in [-0.25, -0.2) is 0 Å². The average Bonchev–Trinajstić information content (AvgIpc) is 3.14. The van der Waals surface area contributed by atoms with Crippen LogP contribution >= 0.6 is 24.0 Å². The Morgan fingerprint density at radius 2 is 1.93 bits per heavy atom. The molecule has 0 saturated carbocycles. The Morgan fingerprint density at radius 3 is 2.61 bits per heavy atom. The van der Waals surface area contributed by atoms with Gasteiger partial charge in [-0.15, -0.1) is 34.2 Å². The van der Waals surface area contributed by atoms with E-state index in [9.17, 15) is 0 Å². The summed E-state index contributed by atoms with van der Waals surface area (Å²) >= 11 is 0. The summed E-state index contributed by atoms with van der Waals surface area (Å²) in [5.74, 6) is 1.90. The van der Waals surface area contributed by atoms with Gasteiger partial charge in [0.05, 0.1) is 19.8 Å². The van der Waals surface area contributed by atoms with E-state index in [-0.39, 0.29) is 29.5 Å².